The molecule has 0 fully saturated rings. The van der Waals surface area contributed by atoms with Crippen LogP contribution in [0.5, 0.6) is 17.2 Å². The minimum Gasteiger partial charge on any atom is -0.493 e. The molecule has 1 heterocycles. The van der Waals surface area contributed by atoms with Gasteiger partial charge in [0.15, 0.2) is 11.5 Å². The Balaban J connectivity index is 1.87. The largest absolute Gasteiger partial charge is 0.493 e. The molecule has 0 saturated carbocycles. The number of allylic oxidation sites excluding steroid dienone is 1. The number of ether oxygens (including phenoxy) is 3. The van der Waals surface area contributed by atoms with E-state index < -0.39 is 0 Å². The number of thiazole rings is 1. The lowest BCUT2D eigenvalue weighted by Crippen LogP contribution is -1.98. The van der Waals surface area contributed by atoms with Crippen LogP contribution in [0.4, 0.5) is 5.69 Å². The van der Waals surface area contributed by atoms with Gasteiger partial charge in [0.2, 0.25) is 5.75 Å². The summed E-state index contributed by atoms with van der Waals surface area (Å²) in [6.07, 6.45) is 1.62. The Kier molecular flexibility index (Phi) is 6.14. The summed E-state index contributed by atoms with van der Waals surface area (Å²) in [6.45, 7) is 0. The second kappa shape index (κ2) is 8.93. The Labute approximate surface area is 167 Å². The molecule has 3 rings (SSSR count). The van der Waals surface area contributed by atoms with E-state index in [1.165, 1.54) is 11.3 Å². The molecule has 0 amide bonds. The molecule has 2 aromatic carbocycles. The van der Waals surface area contributed by atoms with Gasteiger partial charge in [-0.15, -0.1) is 11.3 Å². The van der Waals surface area contributed by atoms with Crippen molar-refractivity contribution in [3.8, 4) is 34.6 Å². The van der Waals surface area contributed by atoms with Crippen molar-refractivity contribution >= 4 is 22.6 Å². The van der Waals surface area contributed by atoms with E-state index in [-0.39, 0.29) is 0 Å². The van der Waals surface area contributed by atoms with Crippen molar-refractivity contribution in [3.63, 3.8) is 0 Å². The zero-order chi connectivity index (χ0) is 19.9. The average molecular weight is 393 g/mol. The molecule has 0 radical (unpaired) electrons. The maximum atomic E-state index is 9.56. The van der Waals surface area contributed by atoms with Gasteiger partial charge >= 0.3 is 0 Å². The van der Waals surface area contributed by atoms with E-state index in [1.54, 1.807) is 39.7 Å². The molecule has 0 bridgehead atoms. The van der Waals surface area contributed by atoms with Gasteiger partial charge in [-0.3, -0.25) is 0 Å². The van der Waals surface area contributed by atoms with Crippen LogP contribution >= 0.6 is 11.3 Å². The molecule has 0 atom stereocenters. The van der Waals surface area contributed by atoms with Crippen molar-refractivity contribution in [1.29, 1.82) is 5.26 Å². The Hall–Kier alpha value is -3.50. The number of hydrogen-bond acceptors (Lipinski definition) is 7. The minimum absolute atomic E-state index is 0.431. The molecule has 1 N–H and O–H groups in total. The lowest BCUT2D eigenvalue weighted by molar-refractivity contribution is 0.324. The SMILES string of the molecule is COc1cc(NC=C(C#N)c2nc(-c3ccccc3)cs2)cc(OC)c1OC. The van der Waals surface area contributed by atoms with Crippen LogP contribution in [0.2, 0.25) is 0 Å². The van der Waals surface area contributed by atoms with Gasteiger partial charge in [-0.2, -0.15) is 5.26 Å². The van der Waals surface area contributed by atoms with Crippen LogP contribution in [-0.4, -0.2) is 26.3 Å². The summed E-state index contributed by atoms with van der Waals surface area (Å²) in [5, 5.41) is 15.3. The first-order chi connectivity index (χ1) is 13.7. The van der Waals surface area contributed by atoms with Crippen LogP contribution in [0.1, 0.15) is 5.01 Å². The first kappa shape index (κ1) is 19.3. The molecule has 0 aliphatic carbocycles. The normalized spacial score (nSPS) is 10.9. The summed E-state index contributed by atoms with van der Waals surface area (Å²) >= 11 is 1.42. The topological polar surface area (TPSA) is 76.4 Å². The maximum Gasteiger partial charge on any atom is 0.203 e. The molecular formula is C21H19N3O3S. The smallest absolute Gasteiger partial charge is 0.203 e. The highest BCUT2D eigenvalue weighted by Gasteiger charge is 2.13. The summed E-state index contributed by atoms with van der Waals surface area (Å²) in [5.74, 6) is 1.56. The highest BCUT2D eigenvalue weighted by Crippen LogP contribution is 2.40. The Morgan fingerprint density at radius 2 is 1.75 bits per heavy atom. The Morgan fingerprint density at radius 3 is 2.32 bits per heavy atom. The predicted octanol–water partition coefficient (Wildman–Crippen LogP) is 4.81. The molecule has 0 saturated heterocycles. The van der Waals surface area contributed by atoms with Crippen LogP contribution in [0.25, 0.3) is 16.8 Å². The number of hydrogen-bond donors (Lipinski definition) is 1. The fraction of sp³-hybridized carbons (Fsp3) is 0.143. The first-order valence-corrected chi connectivity index (χ1v) is 9.26. The highest BCUT2D eigenvalue weighted by atomic mass is 32.1. The van der Waals surface area contributed by atoms with Crippen LogP contribution in [-0.2, 0) is 0 Å². The van der Waals surface area contributed by atoms with Crippen LogP contribution < -0.4 is 19.5 Å². The van der Waals surface area contributed by atoms with Gasteiger partial charge in [-0.05, 0) is 0 Å². The molecule has 28 heavy (non-hydrogen) atoms. The van der Waals surface area contributed by atoms with E-state index in [0.717, 1.165) is 11.3 Å². The van der Waals surface area contributed by atoms with Crippen molar-refractivity contribution < 1.29 is 14.2 Å². The number of methoxy groups -OCH3 is 3. The van der Waals surface area contributed by atoms with Crippen molar-refractivity contribution in [3.05, 3.63) is 59.1 Å². The lowest BCUT2D eigenvalue weighted by atomic mass is 10.2. The number of rotatable bonds is 7. The van der Waals surface area contributed by atoms with Gasteiger partial charge < -0.3 is 19.5 Å². The number of nitriles is 1. The lowest BCUT2D eigenvalue weighted by Gasteiger charge is -2.14. The van der Waals surface area contributed by atoms with Gasteiger partial charge in [-0.25, -0.2) is 4.98 Å². The van der Waals surface area contributed by atoms with E-state index in [1.807, 2.05) is 35.7 Å². The molecule has 0 unspecified atom stereocenters. The quantitative estimate of drug-likeness (QED) is 0.581. The van der Waals surface area contributed by atoms with Gasteiger partial charge in [0.05, 0.1) is 27.0 Å². The highest BCUT2D eigenvalue weighted by molar-refractivity contribution is 7.11. The molecule has 6 nitrogen and oxygen atoms in total. The number of anilines is 1. The molecule has 3 aromatic rings. The molecule has 142 valence electrons. The molecule has 7 heteroatoms. The van der Waals surface area contributed by atoms with Crippen LogP contribution in [0.3, 0.4) is 0 Å². The molecule has 0 aliphatic rings. The van der Waals surface area contributed by atoms with Crippen molar-refractivity contribution in [2.24, 2.45) is 0 Å². The maximum absolute atomic E-state index is 9.56. The van der Waals surface area contributed by atoms with Crippen molar-refractivity contribution in [2.75, 3.05) is 26.6 Å². The number of aromatic nitrogens is 1. The van der Waals surface area contributed by atoms with E-state index in [4.69, 9.17) is 14.2 Å². The Morgan fingerprint density at radius 1 is 1.07 bits per heavy atom. The third-order valence-electron chi connectivity index (χ3n) is 3.97. The first-order valence-electron chi connectivity index (χ1n) is 8.38. The van der Waals surface area contributed by atoms with Gasteiger partial charge in [0.1, 0.15) is 16.6 Å². The van der Waals surface area contributed by atoms with Crippen molar-refractivity contribution in [1.82, 2.24) is 4.98 Å². The summed E-state index contributed by atoms with van der Waals surface area (Å²) in [6, 6.07) is 15.6. The van der Waals surface area contributed by atoms with E-state index in [9.17, 15) is 5.26 Å². The standard InChI is InChI=1S/C21H19N3O3S/c1-25-18-9-16(10-19(26-2)20(18)27-3)23-12-15(11-22)21-24-17(13-28-21)14-7-5-4-6-8-14/h4-10,12-13,23H,1-3H3. The third-order valence-corrected chi connectivity index (χ3v) is 4.85. The number of nitrogens with one attached hydrogen (secondary N) is 1. The summed E-state index contributed by atoms with van der Waals surface area (Å²) in [5.41, 5.74) is 2.98. The monoisotopic (exact) mass is 393 g/mol. The molecule has 0 aliphatic heterocycles. The van der Waals surface area contributed by atoms with E-state index >= 15 is 0 Å². The summed E-state index contributed by atoms with van der Waals surface area (Å²) in [7, 11) is 4.66. The van der Waals surface area contributed by atoms with Gasteiger partial charge in [0.25, 0.3) is 0 Å². The second-order valence-corrected chi connectivity index (χ2v) is 6.49. The molecule has 1 aromatic heterocycles. The van der Waals surface area contributed by atoms with E-state index in [2.05, 4.69) is 16.4 Å². The number of benzene rings is 2. The van der Waals surface area contributed by atoms with Crippen LogP contribution in [0, 0.1) is 11.3 Å². The van der Waals surface area contributed by atoms with Gasteiger partial charge in [0, 0.05) is 35.0 Å². The van der Waals surface area contributed by atoms with Gasteiger partial charge in [-0.1, -0.05) is 30.3 Å². The fourth-order valence-corrected chi connectivity index (χ4v) is 3.40. The summed E-state index contributed by atoms with van der Waals surface area (Å²) in [4.78, 5) is 4.58. The zero-order valence-corrected chi connectivity index (χ0v) is 16.5. The Bertz CT molecular complexity index is 998. The van der Waals surface area contributed by atoms with E-state index in [0.29, 0.717) is 33.5 Å². The molecule has 0 spiro atoms. The van der Waals surface area contributed by atoms with Crippen molar-refractivity contribution in [2.45, 2.75) is 0 Å². The predicted molar refractivity (Wildman–Crippen MR) is 111 cm³/mol. The average Bonchev–Trinajstić information content (AvgIpc) is 3.24. The summed E-state index contributed by atoms with van der Waals surface area (Å²) < 4.78 is 16.0. The third kappa shape index (κ3) is 4.08. The fourth-order valence-electron chi connectivity index (χ4n) is 2.60. The van der Waals surface area contributed by atoms with Crippen LogP contribution in [0.15, 0.2) is 54.0 Å². The second-order valence-electron chi connectivity index (χ2n) is 5.63. The molecular weight excluding hydrogens is 374 g/mol. The number of nitrogens with zero attached hydrogens (tertiary/aromatic N) is 2. The minimum atomic E-state index is 0.431. The zero-order valence-electron chi connectivity index (χ0n) is 15.7.